The monoisotopic (exact) mass is 334 g/mol. The molecular weight excluding hydrogens is 312 g/mol. The first-order chi connectivity index (χ1) is 11.1. The third-order valence-electron chi connectivity index (χ3n) is 4.07. The van der Waals surface area contributed by atoms with E-state index in [0.717, 1.165) is 37.0 Å². The fourth-order valence-corrected chi connectivity index (χ4v) is 3.71. The molecule has 1 fully saturated rings. The van der Waals surface area contributed by atoms with Gasteiger partial charge in [0.15, 0.2) is 5.13 Å². The van der Waals surface area contributed by atoms with Crippen LogP contribution in [-0.2, 0) is 4.79 Å². The van der Waals surface area contributed by atoms with Gasteiger partial charge >= 0.3 is 0 Å². The van der Waals surface area contributed by atoms with Crippen LogP contribution in [0.4, 0.5) is 5.13 Å². The Bertz CT molecular complexity index is 645. The van der Waals surface area contributed by atoms with Crippen LogP contribution in [0.5, 0.6) is 0 Å². The van der Waals surface area contributed by atoms with E-state index in [-0.39, 0.29) is 17.9 Å². The van der Waals surface area contributed by atoms with Crippen LogP contribution < -0.4 is 4.90 Å². The van der Waals surface area contributed by atoms with Crippen LogP contribution >= 0.6 is 11.3 Å². The second kappa shape index (κ2) is 6.66. The SMILES string of the molecule is Cc1csc(N2CCN(C(=O)[C@@H](C(C)C)n3cncn3)CC2)n1. The first-order valence-electron chi connectivity index (χ1n) is 7.86. The average Bonchev–Trinajstić information content (AvgIpc) is 3.19. The number of rotatable bonds is 4. The van der Waals surface area contributed by atoms with Gasteiger partial charge in [-0.05, 0) is 12.8 Å². The molecule has 1 atom stereocenters. The molecule has 3 rings (SSSR count). The Morgan fingerprint density at radius 3 is 2.52 bits per heavy atom. The molecule has 0 aliphatic carbocycles. The highest BCUT2D eigenvalue weighted by atomic mass is 32.1. The van der Waals surface area contributed by atoms with E-state index in [4.69, 9.17) is 0 Å². The number of hydrogen-bond acceptors (Lipinski definition) is 6. The van der Waals surface area contributed by atoms with E-state index in [1.165, 1.54) is 6.33 Å². The van der Waals surface area contributed by atoms with E-state index >= 15 is 0 Å². The minimum atomic E-state index is -0.286. The quantitative estimate of drug-likeness (QED) is 0.849. The zero-order chi connectivity index (χ0) is 16.4. The molecule has 1 aliphatic rings. The Kier molecular flexibility index (Phi) is 4.61. The van der Waals surface area contributed by atoms with Crippen LogP contribution in [0.2, 0.25) is 0 Å². The number of hydrogen-bond donors (Lipinski definition) is 0. The first-order valence-corrected chi connectivity index (χ1v) is 8.74. The maximum absolute atomic E-state index is 12.9. The van der Waals surface area contributed by atoms with Gasteiger partial charge in [-0.3, -0.25) is 4.79 Å². The summed E-state index contributed by atoms with van der Waals surface area (Å²) in [5.74, 6) is 0.296. The Morgan fingerprint density at radius 2 is 2.00 bits per heavy atom. The van der Waals surface area contributed by atoms with Gasteiger partial charge in [-0.2, -0.15) is 5.10 Å². The molecule has 2 aromatic rings. The van der Waals surface area contributed by atoms with Crippen molar-refractivity contribution in [1.82, 2.24) is 24.6 Å². The van der Waals surface area contributed by atoms with Crippen molar-refractivity contribution >= 4 is 22.4 Å². The number of nitrogens with zero attached hydrogens (tertiary/aromatic N) is 6. The van der Waals surface area contributed by atoms with Gasteiger partial charge in [-0.1, -0.05) is 13.8 Å². The molecule has 0 N–H and O–H groups in total. The lowest BCUT2D eigenvalue weighted by Gasteiger charge is -2.37. The predicted octanol–water partition coefficient (Wildman–Crippen LogP) is 1.59. The van der Waals surface area contributed by atoms with E-state index in [9.17, 15) is 4.79 Å². The molecular formula is C15H22N6OS. The highest BCUT2D eigenvalue weighted by Crippen LogP contribution is 2.24. The van der Waals surface area contributed by atoms with Crippen molar-refractivity contribution < 1.29 is 4.79 Å². The third-order valence-corrected chi connectivity index (χ3v) is 5.09. The molecule has 8 heteroatoms. The van der Waals surface area contributed by atoms with Crippen LogP contribution in [0.15, 0.2) is 18.0 Å². The first kappa shape index (κ1) is 15.9. The average molecular weight is 334 g/mol. The fraction of sp³-hybridized carbons (Fsp3) is 0.600. The molecule has 124 valence electrons. The third kappa shape index (κ3) is 3.36. The van der Waals surface area contributed by atoms with E-state index in [1.807, 2.05) is 25.7 Å². The molecule has 3 heterocycles. The topological polar surface area (TPSA) is 67.2 Å². The number of piperazine rings is 1. The summed E-state index contributed by atoms with van der Waals surface area (Å²) in [6, 6.07) is -0.286. The van der Waals surface area contributed by atoms with E-state index < -0.39 is 0 Å². The van der Waals surface area contributed by atoms with Crippen molar-refractivity contribution in [2.24, 2.45) is 5.92 Å². The highest BCUT2D eigenvalue weighted by molar-refractivity contribution is 7.13. The van der Waals surface area contributed by atoms with E-state index in [0.29, 0.717) is 0 Å². The second-order valence-electron chi connectivity index (χ2n) is 6.15. The number of thiazole rings is 1. The normalized spacial score (nSPS) is 16.9. The zero-order valence-electron chi connectivity index (χ0n) is 13.7. The molecule has 1 aliphatic heterocycles. The van der Waals surface area contributed by atoms with Gasteiger partial charge in [-0.15, -0.1) is 11.3 Å². The van der Waals surface area contributed by atoms with Crippen LogP contribution in [-0.4, -0.2) is 56.7 Å². The molecule has 2 aromatic heterocycles. The van der Waals surface area contributed by atoms with Crippen molar-refractivity contribution in [2.75, 3.05) is 31.1 Å². The predicted molar refractivity (Wildman–Crippen MR) is 89.5 cm³/mol. The van der Waals surface area contributed by atoms with Crippen LogP contribution in [0.1, 0.15) is 25.6 Å². The molecule has 1 amide bonds. The van der Waals surface area contributed by atoms with Gasteiger partial charge in [0.1, 0.15) is 18.7 Å². The minimum absolute atomic E-state index is 0.125. The molecule has 0 bridgehead atoms. The van der Waals surface area contributed by atoms with E-state index in [1.54, 1.807) is 22.3 Å². The number of aromatic nitrogens is 4. The largest absolute Gasteiger partial charge is 0.345 e. The van der Waals surface area contributed by atoms with Gasteiger partial charge < -0.3 is 9.80 Å². The van der Waals surface area contributed by atoms with Crippen molar-refractivity contribution in [2.45, 2.75) is 26.8 Å². The summed E-state index contributed by atoms with van der Waals surface area (Å²) in [6.07, 6.45) is 3.10. The Balaban J connectivity index is 1.65. The number of aryl methyl sites for hydroxylation is 1. The fourth-order valence-electron chi connectivity index (χ4n) is 2.86. The van der Waals surface area contributed by atoms with Crippen molar-refractivity contribution in [3.05, 3.63) is 23.7 Å². The second-order valence-corrected chi connectivity index (χ2v) is 6.98. The summed E-state index contributed by atoms with van der Waals surface area (Å²) in [5, 5.41) is 7.27. The zero-order valence-corrected chi connectivity index (χ0v) is 14.5. The molecule has 1 saturated heterocycles. The Morgan fingerprint density at radius 1 is 1.26 bits per heavy atom. The summed E-state index contributed by atoms with van der Waals surface area (Å²) in [7, 11) is 0. The van der Waals surface area contributed by atoms with Gasteiger partial charge in [0, 0.05) is 31.6 Å². The molecule has 0 spiro atoms. The molecule has 0 aromatic carbocycles. The van der Waals surface area contributed by atoms with E-state index in [2.05, 4.69) is 25.3 Å². The van der Waals surface area contributed by atoms with Gasteiger partial charge in [0.05, 0.1) is 5.69 Å². The van der Waals surface area contributed by atoms with Crippen LogP contribution in [0.25, 0.3) is 0 Å². The van der Waals surface area contributed by atoms with Crippen LogP contribution in [0, 0.1) is 12.8 Å². The van der Waals surface area contributed by atoms with Gasteiger partial charge in [0.25, 0.3) is 0 Å². The number of anilines is 1. The lowest BCUT2D eigenvalue weighted by molar-refractivity contribution is -0.136. The van der Waals surface area contributed by atoms with Gasteiger partial charge in [-0.25, -0.2) is 14.6 Å². The maximum Gasteiger partial charge on any atom is 0.247 e. The number of carbonyl (C=O) groups is 1. The Hall–Kier alpha value is -1.96. The molecule has 23 heavy (non-hydrogen) atoms. The minimum Gasteiger partial charge on any atom is -0.345 e. The summed E-state index contributed by atoms with van der Waals surface area (Å²) in [5.41, 5.74) is 1.05. The molecule has 0 radical (unpaired) electrons. The molecule has 0 saturated carbocycles. The molecule has 7 nitrogen and oxygen atoms in total. The number of carbonyl (C=O) groups excluding carboxylic acids is 1. The standard InChI is InChI=1S/C15H22N6OS/c1-11(2)13(21-10-16-9-17-21)14(22)19-4-6-20(7-5-19)15-18-12(3)8-23-15/h8-11,13H,4-7H2,1-3H3/t13-/m1/s1. The van der Waals surface area contributed by atoms with Gasteiger partial charge in [0.2, 0.25) is 5.91 Å². The maximum atomic E-state index is 12.9. The van der Waals surface area contributed by atoms with Crippen LogP contribution in [0.3, 0.4) is 0 Å². The van der Waals surface area contributed by atoms with Crippen molar-refractivity contribution in [3.8, 4) is 0 Å². The summed E-state index contributed by atoms with van der Waals surface area (Å²) in [6.45, 7) is 9.16. The summed E-state index contributed by atoms with van der Waals surface area (Å²) < 4.78 is 1.67. The summed E-state index contributed by atoms with van der Waals surface area (Å²) >= 11 is 1.66. The lowest BCUT2D eigenvalue weighted by Crippen LogP contribution is -2.51. The smallest absolute Gasteiger partial charge is 0.247 e. The highest BCUT2D eigenvalue weighted by Gasteiger charge is 2.31. The summed E-state index contributed by atoms with van der Waals surface area (Å²) in [4.78, 5) is 25.6. The molecule has 0 unspecified atom stereocenters. The Labute approximate surface area is 140 Å². The van der Waals surface area contributed by atoms with Crippen molar-refractivity contribution in [1.29, 1.82) is 0 Å². The lowest BCUT2D eigenvalue weighted by atomic mass is 10.0. The van der Waals surface area contributed by atoms with Crippen molar-refractivity contribution in [3.63, 3.8) is 0 Å². The number of amides is 1.